The molecule has 3 aromatic rings. The van der Waals surface area contributed by atoms with Crippen molar-refractivity contribution < 1.29 is 18.0 Å². The SMILES string of the molecule is CSc1cccc(NC(=O)CSc2ccc3nnc(C(F)(F)F)n3n2)c1. The summed E-state index contributed by atoms with van der Waals surface area (Å²) in [5.41, 5.74) is 0.643. The van der Waals surface area contributed by atoms with Crippen molar-refractivity contribution in [3.8, 4) is 0 Å². The normalized spacial score (nSPS) is 11.7. The molecule has 0 saturated heterocycles. The summed E-state index contributed by atoms with van der Waals surface area (Å²) < 4.78 is 39.2. The molecule has 0 unspecified atom stereocenters. The van der Waals surface area contributed by atoms with Crippen molar-refractivity contribution in [3.05, 3.63) is 42.2 Å². The molecule has 0 aliphatic heterocycles. The summed E-state index contributed by atoms with van der Waals surface area (Å²) in [6, 6.07) is 10.2. The summed E-state index contributed by atoms with van der Waals surface area (Å²) in [7, 11) is 0. The molecule has 0 spiro atoms. The average Bonchev–Trinajstić information content (AvgIpc) is 3.03. The Hall–Kier alpha value is -2.27. The zero-order chi connectivity index (χ0) is 18.7. The highest BCUT2D eigenvalue weighted by Crippen LogP contribution is 2.28. The maximum absolute atomic E-state index is 12.9. The maximum Gasteiger partial charge on any atom is 0.453 e. The largest absolute Gasteiger partial charge is 0.453 e. The number of amides is 1. The van der Waals surface area contributed by atoms with Crippen molar-refractivity contribution in [2.24, 2.45) is 0 Å². The molecule has 0 aliphatic carbocycles. The Morgan fingerprint density at radius 3 is 2.77 bits per heavy atom. The first-order valence-electron chi connectivity index (χ1n) is 7.23. The maximum atomic E-state index is 12.9. The Morgan fingerprint density at radius 2 is 2.04 bits per heavy atom. The van der Waals surface area contributed by atoms with Crippen LogP contribution in [0.25, 0.3) is 5.65 Å². The van der Waals surface area contributed by atoms with Crippen LogP contribution in [0.3, 0.4) is 0 Å². The number of rotatable bonds is 5. The van der Waals surface area contributed by atoms with Gasteiger partial charge in [-0.2, -0.15) is 22.8 Å². The topological polar surface area (TPSA) is 72.2 Å². The molecule has 0 radical (unpaired) electrons. The van der Waals surface area contributed by atoms with E-state index in [-0.39, 0.29) is 22.3 Å². The van der Waals surface area contributed by atoms with Gasteiger partial charge in [0.25, 0.3) is 5.82 Å². The average molecular weight is 399 g/mol. The lowest BCUT2D eigenvalue weighted by Gasteiger charge is -2.07. The summed E-state index contributed by atoms with van der Waals surface area (Å²) in [5, 5.41) is 13.4. The lowest BCUT2D eigenvalue weighted by molar-refractivity contribution is -0.146. The summed E-state index contributed by atoms with van der Waals surface area (Å²) in [6.45, 7) is 0. The van der Waals surface area contributed by atoms with E-state index in [4.69, 9.17) is 0 Å². The van der Waals surface area contributed by atoms with Crippen molar-refractivity contribution in [1.82, 2.24) is 19.8 Å². The minimum atomic E-state index is -4.66. The monoisotopic (exact) mass is 399 g/mol. The third-order valence-electron chi connectivity index (χ3n) is 3.20. The molecule has 1 aromatic carbocycles. The van der Waals surface area contributed by atoms with Gasteiger partial charge in [0.05, 0.1) is 5.75 Å². The van der Waals surface area contributed by atoms with Crippen molar-refractivity contribution in [3.63, 3.8) is 0 Å². The first-order chi connectivity index (χ1) is 12.4. The van der Waals surface area contributed by atoms with E-state index in [2.05, 4.69) is 20.6 Å². The third-order valence-corrected chi connectivity index (χ3v) is 4.84. The van der Waals surface area contributed by atoms with Crippen LogP contribution in [-0.4, -0.2) is 37.7 Å². The predicted octanol–water partition coefficient (Wildman–Crippen LogP) is 3.60. The summed E-state index contributed by atoms with van der Waals surface area (Å²) in [6.07, 6.45) is -2.73. The molecule has 0 fully saturated rings. The first kappa shape index (κ1) is 18.5. The molecule has 2 heterocycles. The van der Waals surface area contributed by atoms with Gasteiger partial charge >= 0.3 is 6.18 Å². The number of alkyl halides is 3. The zero-order valence-corrected chi connectivity index (χ0v) is 15.0. The van der Waals surface area contributed by atoms with Crippen LogP contribution in [-0.2, 0) is 11.0 Å². The second kappa shape index (κ2) is 7.54. The lowest BCUT2D eigenvalue weighted by Crippen LogP contribution is -2.15. The second-order valence-corrected chi connectivity index (χ2v) is 6.91. The molecule has 2 aromatic heterocycles. The predicted molar refractivity (Wildman–Crippen MR) is 93.4 cm³/mol. The number of anilines is 1. The van der Waals surface area contributed by atoms with Crippen LogP contribution in [0.5, 0.6) is 0 Å². The number of hydrogen-bond acceptors (Lipinski definition) is 6. The number of halogens is 3. The number of aromatic nitrogens is 4. The standard InChI is InChI=1S/C15H12F3N5OS2/c1-25-10-4-2-3-9(7-10)19-12(24)8-26-13-6-5-11-20-21-14(15(16,17)18)23(11)22-13/h2-7H,8H2,1H3,(H,19,24). The van der Waals surface area contributed by atoms with Crippen LogP contribution >= 0.6 is 23.5 Å². The smallest absolute Gasteiger partial charge is 0.325 e. The van der Waals surface area contributed by atoms with E-state index >= 15 is 0 Å². The van der Waals surface area contributed by atoms with E-state index in [1.54, 1.807) is 17.8 Å². The van der Waals surface area contributed by atoms with Crippen LogP contribution in [0.15, 0.2) is 46.3 Å². The van der Waals surface area contributed by atoms with Gasteiger partial charge in [-0.1, -0.05) is 17.8 Å². The van der Waals surface area contributed by atoms with Gasteiger partial charge in [-0.15, -0.1) is 22.0 Å². The molecule has 26 heavy (non-hydrogen) atoms. The van der Waals surface area contributed by atoms with Crippen LogP contribution in [0.1, 0.15) is 5.82 Å². The second-order valence-electron chi connectivity index (χ2n) is 5.03. The highest BCUT2D eigenvalue weighted by atomic mass is 32.2. The lowest BCUT2D eigenvalue weighted by atomic mass is 10.3. The quantitative estimate of drug-likeness (QED) is 0.661. The minimum absolute atomic E-state index is 0.00544. The fraction of sp³-hybridized carbons (Fsp3) is 0.200. The molecule has 0 saturated carbocycles. The van der Waals surface area contributed by atoms with Crippen molar-refractivity contribution in [2.45, 2.75) is 16.1 Å². The highest BCUT2D eigenvalue weighted by molar-refractivity contribution is 8.00. The summed E-state index contributed by atoms with van der Waals surface area (Å²) in [4.78, 5) is 13.1. The Balaban J connectivity index is 1.68. The molecule has 1 N–H and O–H groups in total. The van der Waals surface area contributed by atoms with Crippen molar-refractivity contribution in [1.29, 1.82) is 0 Å². The van der Waals surface area contributed by atoms with E-state index in [0.717, 1.165) is 16.7 Å². The number of carbonyl (C=O) groups is 1. The van der Waals surface area contributed by atoms with Crippen molar-refractivity contribution >= 4 is 40.8 Å². The summed E-state index contributed by atoms with van der Waals surface area (Å²) >= 11 is 2.58. The molecule has 1 amide bonds. The molecule has 6 nitrogen and oxygen atoms in total. The van der Waals surface area contributed by atoms with Gasteiger partial charge in [-0.3, -0.25) is 4.79 Å². The van der Waals surface area contributed by atoms with Gasteiger partial charge < -0.3 is 5.32 Å². The molecule has 0 aliphatic rings. The number of thioether (sulfide) groups is 2. The van der Waals surface area contributed by atoms with E-state index in [0.29, 0.717) is 10.2 Å². The molecular formula is C15H12F3N5OS2. The van der Waals surface area contributed by atoms with Gasteiger partial charge in [0.2, 0.25) is 5.91 Å². The van der Waals surface area contributed by atoms with Crippen LogP contribution in [0.4, 0.5) is 18.9 Å². The zero-order valence-electron chi connectivity index (χ0n) is 13.3. The highest BCUT2D eigenvalue weighted by Gasteiger charge is 2.37. The van der Waals surface area contributed by atoms with E-state index in [9.17, 15) is 18.0 Å². The van der Waals surface area contributed by atoms with Gasteiger partial charge in [0, 0.05) is 10.6 Å². The number of fused-ring (bicyclic) bond motifs is 1. The number of nitrogens with one attached hydrogen (secondary N) is 1. The van der Waals surface area contributed by atoms with E-state index in [1.807, 2.05) is 24.5 Å². The van der Waals surface area contributed by atoms with Gasteiger partial charge in [0.15, 0.2) is 5.65 Å². The molecule has 0 atom stereocenters. The first-order valence-corrected chi connectivity index (χ1v) is 9.44. The Bertz CT molecular complexity index is 944. The van der Waals surface area contributed by atoms with E-state index < -0.39 is 12.0 Å². The molecule has 0 bridgehead atoms. The fourth-order valence-electron chi connectivity index (χ4n) is 2.06. The number of benzene rings is 1. The molecule has 3 rings (SSSR count). The fourth-order valence-corrected chi connectivity index (χ4v) is 3.18. The van der Waals surface area contributed by atoms with E-state index in [1.165, 1.54) is 12.1 Å². The number of nitrogens with zero attached hydrogens (tertiary/aromatic N) is 4. The van der Waals surface area contributed by atoms with Crippen LogP contribution in [0.2, 0.25) is 0 Å². The Morgan fingerprint density at radius 1 is 1.23 bits per heavy atom. The Labute approximate surface area is 154 Å². The minimum Gasteiger partial charge on any atom is -0.325 e. The third kappa shape index (κ3) is 4.28. The van der Waals surface area contributed by atoms with Gasteiger partial charge in [0.1, 0.15) is 5.03 Å². The van der Waals surface area contributed by atoms with Crippen molar-refractivity contribution in [2.75, 3.05) is 17.3 Å². The summed E-state index contributed by atoms with van der Waals surface area (Å²) in [5.74, 6) is -1.48. The van der Waals surface area contributed by atoms with Crippen LogP contribution in [0, 0.1) is 0 Å². The molecule has 11 heteroatoms. The Kier molecular flexibility index (Phi) is 5.37. The number of carbonyl (C=O) groups excluding carboxylic acids is 1. The van der Waals surface area contributed by atoms with Gasteiger partial charge in [-0.25, -0.2) is 0 Å². The van der Waals surface area contributed by atoms with Crippen LogP contribution < -0.4 is 5.32 Å². The molecular weight excluding hydrogens is 387 g/mol. The number of hydrogen-bond donors (Lipinski definition) is 1. The van der Waals surface area contributed by atoms with Gasteiger partial charge in [-0.05, 0) is 36.6 Å². The molecule has 136 valence electrons.